The third-order valence-corrected chi connectivity index (χ3v) is 7.92. The first-order valence-corrected chi connectivity index (χ1v) is 22.7. The molecule has 4 aliphatic rings. The van der Waals surface area contributed by atoms with Crippen LogP contribution in [0.25, 0.3) is 21.5 Å². The van der Waals surface area contributed by atoms with Crippen LogP contribution in [0.15, 0.2) is 108 Å². The average molecular weight is 975 g/mol. The van der Waals surface area contributed by atoms with Crippen molar-refractivity contribution >= 4 is 61.4 Å². The Labute approximate surface area is 364 Å². The van der Waals surface area contributed by atoms with Gasteiger partial charge in [-0.05, 0) is 25.0 Å². The van der Waals surface area contributed by atoms with E-state index < -0.39 is 15.6 Å². The van der Waals surface area contributed by atoms with Gasteiger partial charge in [0.05, 0.1) is 24.6 Å². The SMILES string of the molecule is CC#N.CC#N.F[P-](F)(F)(F)(F)F.F[P-](F)(F)(F)(F)F.O.O=C1CCCCCCC(=O)N/N=C/c2cccc3c[n+](ccc23)Cc2ccc(cc2)C[n+]2ccc3c(cccc3c2)/C=N/N1. The van der Waals surface area contributed by atoms with Crippen molar-refractivity contribution in [3.8, 4) is 12.1 Å². The summed E-state index contributed by atoms with van der Waals surface area (Å²) < 4.78 is 123. The number of benzene rings is 3. The molecule has 0 atom stereocenters. The van der Waals surface area contributed by atoms with E-state index in [1.165, 1.54) is 25.0 Å². The number of aromatic nitrogens is 2. The Balaban J connectivity index is 0.000000847. The second kappa shape index (κ2) is 22.1. The van der Waals surface area contributed by atoms with Gasteiger partial charge in [-0.3, -0.25) is 9.59 Å². The first kappa shape index (κ1) is 56.7. The number of carbonyl (C=O) groups excluding carboxylic acids is 2. The Morgan fingerprint density at radius 3 is 1.15 bits per heavy atom. The van der Waals surface area contributed by atoms with Gasteiger partial charge in [-0.2, -0.15) is 20.7 Å². The second-order valence-electron chi connectivity index (χ2n) is 13.6. The number of halogens is 12. The van der Waals surface area contributed by atoms with Crippen LogP contribution in [0.2, 0.25) is 0 Å². The average Bonchev–Trinajstić information content (AvgIpc) is 3.15. The second-order valence-corrected chi connectivity index (χ2v) is 17.4. The standard InChI is InChI=1S/C36H34N6O2.2C2H3N.2F6P.H2O/c43-35-11-3-1-2-4-12-36(44)40-38-22-30-8-6-10-32-26-42(20-18-34(30)32)24-28-15-13-27(14-16-28)23-41-19-17-33-29(21-37-39-35)7-5-9-31(33)25-41;2*1-2-3;2*1-7(2,3,4,5)6;/h5-10,13-22,25-26H,1-4,11-12,23-24H2;2*1H3;;;1H2/q;;;2*-1;/p+2/b37-21+,38-22+;;;;;. The summed E-state index contributed by atoms with van der Waals surface area (Å²) in [5, 5.41) is 27.4. The summed E-state index contributed by atoms with van der Waals surface area (Å²) in [6.07, 6.45) is 15.9. The smallest absolute Gasteiger partial charge is 0.240 e. The van der Waals surface area contributed by atoms with E-state index in [1.807, 2.05) is 24.3 Å². The zero-order valence-corrected chi connectivity index (χ0v) is 36.3. The molecule has 3 aromatic carbocycles. The monoisotopic (exact) mass is 974 g/mol. The number of nitriles is 2. The maximum Gasteiger partial charge on any atom is 0.240 e. The summed E-state index contributed by atoms with van der Waals surface area (Å²) in [6, 6.07) is 28.6. The fourth-order valence-corrected chi connectivity index (χ4v) is 5.57. The molecule has 0 aliphatic carbocycles. The predicted molar refractivity (Wildman–Crippen MR) is 225 cm³/mol. The molecule has 4 N–H and O–H groups in total. The molecule has 0 spiro atoms. The van der Waals surface area contributed by atoms with Crippen molar-refractivity contribution in [1.29, 1.82) is 10.5 Å². The number of carbonyl (C=O) groups is 2. The largest absolute Gasteiger partial charge is 0.412 e. The molecule has 11 nitrogen and oxygen atoms in total. The number of hydrogen-bond acceptors (Lipinski definition) is 6. The van der Waals surface area contributed by atoms with Crippen molar-refractivity contribution in [1.82, 2.24) is 10.9 Å². The molecule has 0 saturated heterocycles. The van der Waals surface area contributed by atoms with E-state index >= 15 is 0 Å². The van der Waals surface area contributed by atoms with Crippen LogP contribution in [0.5, 0.6) is 0 Å². The van der Waals surface area contributed by atoms with Crippen LogP contribution in [0.4, 0.5) is 50.4 Å². The molecule has 0 radical (unpaired) electrons. The third-order valence-electron chi connectivity index (χ3n) is 7.92. The van der Waals surface area contributed by atoms with Crippen molar-refractivity contribution < 1.29 is 74.6 Å². The summed E-state index contributed by atoms with van der Waals surface area (Å²) in [5.74, 6) is -0.222. The topological polar surface area (TPSA) is 170 Å². The Morgan fingerprint density at radius 1 is 0.538 bits per heavy atom. The molecule has 4 aliphatic heterocycles. The van der Waals surface area contributed by atoms with E-state index in [2.05, 4.69) is 104 Å². The van der Waals surface area contributed by atoms with E-state index in [9.17, 15) is 60.0 Å². The zero-order chi connectivity index (χ0) is 48.4. The van der Waals surface area contributed by atoms with Crippen molar-refractivity contribution in [2.24, 2.45) is 10.2 Å². The van der Waals surface area contributed by atoms with Crippen LogP contribution in [-0.4, -0.2) is 29.7 Å². The number of nitrogens with zero attached hydrogens (tertiary/aromatic N) is 6. The molecule has 0 saturated carbocycles. The fraction of sp³-hybridized carbons (Fsp3) is 0.250. The van der Waals surface area contributed by atoms with Crippen LogP contribution in [0.3, 0.4) is 0 Å². The molecule has 25 heteroatoms. The number of fused-ring (bicyclic) bond motifs is 2. The molecule has 2 aromatic heterocycles. The summed E-state index contributed by atoms with van der Waals surface area (Å²) in [7, 11) is -21.3. The number of pyridine rings is 2. The molecular weight excluding hydrogens is 930 g/mol. The molecule has 10 bridgehead atoms. The van der Waals surface area contributed by atoms with E-state index in [4.69, 9.17) is 10.5 Å². The van der Waals surface area contributed by atoms with Crippen LogP contribution < -0.4 is 20.0 Å². The van der Waals surface area contributed by atoms with Gasteiger partial charge in [-0.15, -0.1) is 0 Å². The first-order chi connectivity index (χ1) is 29.3. The quantitative estimate of drug-likeness (QED) is 0.0895. The van der Waals surface area contributed by atoms with E-state index in [0.717, 1.165) is 71.4 Å². The van der Waals surface area contributed by atoms with Crippen LogP contribution in [0.1, 0.15) is 74.6 Å². The number of amides is 2. The van der Waals surface area contributed by atoms with Crippen molar-refractivity contribution in [2.75, 3.05) is 0 Å². The van der Waals surface area contributed by atoms with E-state index in [0.29, 0.717) is 12.8 Å². The van der Waals surface area contributed by atoms with Gasteiger partial charge in [0.2, 0.25) is 11.8 Å². The van der Waals surface area contributed by atoms with Crippen molar-refractivity contribution in [2.45, 2.75) is 65.5 Å². The molecule has 5 aromatic rings. The van der Waals surface area contributed by atoms with Crippen LogP contribution >= 0.6 is 15.6 Å². The van der Waals surface area contributed by atoms with Crippen LogP contribution in [0, 0.1) is 22.7 Å². The van der Waals surface area contributed by atoms with Crippen molar-refractivity contribution in [3.05, 3.63) is 120 Å². The molecule has 0 unspecified atom stereocenters. The summed E-state index contributed by atoms with van der Waals surface area (Å²) in [6.45, 7) is 4.39. The Hall–Kier alpha value is -6.28. The summed E-state index contributed by atoms with van der Waals surface area (Å²) in [4.78, 5) is 24.6. The molecule has 0 fully saturated rings. The fourth-order valence-electron chi connectivity index (χ4n) is 5.57. The third kappa shape index (κ3) is 28.9. The number of nitrogens with one attached hydrogen (secondary N) is 2. The Kier molecular flexibility index (Phi) is 19.3. The van der Waals surface area contributed by atoms with Gasteiger partial charge in [-0.25, -0.2) is 20.0 Å². The molecule has 356 valence electrons. The molecule has 2 amide bonds. The molecule has 65 heavy (non-hydrogen) atoms. The van der Waals surface area contributed by atoms with Gasteiger partial charge in [0.1, 0.15) is 0 Å². The normalized spacial score (nSPS) is 16.6. The molecular formula is C40H44F12N8O3P2. The Morgan fingerprint density at radius 2 is 0.846 bits per heavy atom. The minimum absolute atomic E-state index is 0. The first-order valence-electron chi connectivity index (χ1n) is 18.6. The Bertz CT molecular complexity index is 2350. The maximum absolute atomic E-state index is 12.3. The van der Waals surface area contributed by atoms with Crippen LogP contribution in [-0.2, 0) is 22.7 Å². The maximum atomic E-state index is 12.3. The van der Waals surface area contributed by atoms with Gasteiger partial charge >= 0.3 is 66.0 Å². The minimum atomic E-state index is -10.7. The van der Waals surface area contributed by atoms with Gasteiger partial charge in [0, 0.05) is 82.6 Å². The van der Waals surface area contributed by atoms with Gasteiger partial charge in [0.15, 0.2) is 37.9 Å². The summed E-state index contributed by atoms with van der Waals surface area (Å²) >= 11 is 0. The van der Waals surface area contributed by atoms with Gasteiger partial charge in [0.25, 0.3) is 0 Å². The molecule has 9 rings (SSSR count). The van der Waals surface area contributed by atoms with Crippen molar-refractivity contribution in [3.63, 3.8) is 0 Å². The number of rotatable bonds is 0. The van der Waals surface area contributed by atoms with E-state index in [-0.39, 0.29) is 17.3 Å². The van der Waals surface area contributed by atoms with Gasteiger partial charge < -0.3 is 5.48 Å². The number of hydrazone groups is 2. The van der Waals surface area contributed by atoms with E-state index in [1.54, 1.807) is 24.6 Å². The predicted octanol–water partition coefficient (Wildman–Crippen LogP) is 11.9. The molecule has 6 heterocycles. The zero-order valence-electron chi connectivity index (χ0n) is 34.5. The summed E-state index contributed by atoms with van der Waals surface area (Å²) in [5.41, 5.74) is 9.64. The van der Waals surface area contributed by atoms with Gasteiger partial charge in [-0.1, -0.05) is 61.4 Å². The number of hydrogen-bond donors (Lipinski definition) is 2. The minimum Gasteiger partial charge on any atom is -0.412 e.